The van der Waals surface area contributed by atoms with Crippen LogP contribution in [0, 0.1) is 0 Å². The number of likely N-dealkylation sites (tertiary alicyclic amines) is 1. The maximum absolute atomic E-state index is 12.5. The zero-order valence-corrected chi connectivity index (χ0v) is 12.5. The molecule has 1 aromatic rings. The molecule has 1 aliphatic heterocycles. The lowest BCUT2D eigenvalue weighted by Crippen LogP contribution is -2.37. The Hall–Kier alpha value is -2.17. The maximum atomic E-state index is 12.5. The summed E-state index contributed by atoms with van der Waals surface area (Å²) in [6, 6.07) is 10.2. The topological polar surface area (TPSA) is 57.7 Å². The molecule has 0 spiro atoms. The van der Waals surface area contributed by atoms with E-state index in [9.17, 15) is 14.4 Å². The van der Waals surface area contributed by atoms with Crippen molar-refractivity contribution in [3.05, 3.63) is 35.9 Å². The highest BCUT2D eigenvalue weighted by molar-refractivity contribution is 6.02. The minimum Gasteiger partial charge on any atom is -0.335 e. The normalized spacial score (nSPS) is 17.9. The molecule has 22 heavy (non-hydrogen) atoms. The van der Waals surface area contributed by atoms with Crippen LogP contribution in [-0.2, 0) is 20.9 Å². The van der Waals surface area contributed by atoms with Gasteiger partial charge in [0.05, 0.1) is 0 Å². The summed E-state index contributed by atoms with van der Waals surface area (Å²) >= 11 is 0. The highest BCUT2D eigenvalue weighted by Crippen LogP contribution is 2.29. The molecule has 2 aliphatic rings. The predicted octanol–water partition coefficient (Wildman–Crippen LogP) is 1.72. The van der Waals surface area contributed by atoms with Crippen molar-refractivity contribution >= 4 is 17.7 Å². The molecule has 0 unspecified atom stereocenters. The number of amides is 3. The monoisotopic (exact) mass is 300 g/mol. The number of nitrogens with zero attached hydrogens (tertiary/aromatic N) is 2. The van der Waals surface area contributed by atoms with E-state index < -0.39 is 0 Å². The quantitative estimate of drug-likeness (QED) is 0.752. The third-order valence-corrected chi connectivity index (χ3v) is 4.21. The van der Waals surface area contributed by atoms with Crippen molar-refractivity contribution in [2.45, 2.75) is 44.7 Å². The Bertz CT molecular complexity index is 565. The van der Waals surface area contributed by atoms with Crippen LogP contribution in [0.25, 0.3) is 0 Å². The van der Waals surface area contributed by atoms with Crippen molar-refractivity contribution in [3.63, 3.8) is 0 Å². The molecule has 3 rings (SSSR count). The standard InChI is InChI=1S/C17H20N2O3/c20-15-8-9-16(21)18(15)11-10-17(22)19(14-6-7-14)12-13-4-2-1-3-5-13/h1-5,14H,6-12H2. The molecule has 0 N–H and O–H groups in total. The van der Waals surface area contributed by atoms with Crippen molar-refractivity contribution in [3.8, 4) is 0 Å². The number of carbonyl (C=O) groups excluding carboxylic acids is 3. The van der Waals surface area contributed by atoms with Gasteiger partial charge < -0.3 is 4.90 Å². The minimum absolute atomic E-state index is 0.0267. The lowest BCUT2D eigenvalue weighted by Gasteiger charge is -2.24. The zero-order chi connectivity index (χ0) is 15.5. The summed E-state index contributed by atoms with van der Waals surface area (Å²) in [7, 11) is 0. The molecule has 3 amide bonds. The van der Waals surface area contributed by atoms with E-state index in [1.807, 2.05) is 35.2 Å². The first-order valence-electron chi connectivity index (χ1n) is 7.82. The molecule has 1 aliphatic carbocycles. The summed E-state index contributed by atoms with van der Waals surface area (Å²) in [5.41, 5.74) is 1.11. The molecule has 1 aromatic carbocycles. The van der Waals surface area contributed by atoms with Gasteiger partial charge in [0, 0.05) is 38.4 Å². The van der Waals surface area contributed by atoms with Gasteiger partial charge in [-0.25, -0.2) is 0 Å². The molecule has 1 saturated carbocycles. The number of hydrogen-bond acceptors (Lipinski definition) is 3. The molecule has 116 valence electrons. The summed E-state index contributed by atoms with van der Waals surface area (Å²) < 4.78 is 0. The number of carbonyl (C=O) groups is 3. The molecule has 2 fully saturated rings. The molecule has 5 nitrogen and oxygen atoms in total. The molecular weight excluding hydrogens is 280 g/mol. The van der Waals surface area contributed by atoms with Gasteiger partial charge in [0.2, 0.25) is 17.7 Å². The van der Waals surface area contributed by atoms with Crippen molar-refractivity contribution < 1.29 is 14.4 Å². The van der Waals surface area contributed by atoms with E-state index in [-0.39, 0.29) is 43.5 Å². The van der Waals surface area contributed by atoms with Crippen LogP contribution in [0.4, 0.5) is 0 Å². The van der Waals surface area contributed by atoms with Crippen LogP contribution in [0.3, 0.4) is 0 Å². The Kier molecular flexibility index (Phi) is 4.22. The smallest absolute Gasteiger partial charge is 0.229 e. The average molecular weight is 300 g/mol. The van der Waals surface area contributed by atoms with E-state index in [4.69, 9.17) is 0 Å². The Balaban J connectivity index is 1.58. The summed E-state index contributed by atoms with van der Waals surface area (Å²) in [6.07, 6.45) is 2.87. The Morgan fingerprint density at radius 3 is 2.32 bits per heavy atom. The fourth-order valence-corrected chi connectivity index (χ4v) is 2.81. The van der Waals surface area contributed by atoms with Gasteiger partial charge in [-0.2, -0.15) is 0 Å². The molecule has 1 saturated heterocycles. The highest BCUT2D eigenvalue weighted by atomic mass is 16.2. The fraction of sp³-hybridized carbons (Fsp3) is 0.471. The van der Waals surface area contributed by atoms with E-state index in [1.54, 1.807) is 0 Å². The Morgan fingerprint density at radius 1 is 1.09 bits per heavy atom. The van der Waals surface area contributed by atoms with Crippen LogP contribution in [0.5, 0.6) is 0 Å². The van der Waals surface area contributed by atoms with Crippen molar-refractivity contribution in [2.75, 3.05) is 6.54 Å². The third-order valence-electron chi connectivity index (χ3n) is 4.21. The van der Waals surface area contributed by atoms with Crippen molar-refractivity contribution in [2.24, 2.45) is 0 Å². The van der Waals surface area contributed by atoms with E-state index >= 15 is 0 Å². The lowest BCUT2D eigenvalue weighted by molar-refractivity contribution is -0.139. The number of imide groups is 1. The first-order chi connectivity index (χ1) is 10.6. The molecule has 0 radical (unpaired) electrons. The summed E-state index contributed by atoms with van der Waals surface area (Å²) in [5.74, 6) is -0.281. The average Bonchev–Trinajstić information content (AvgIpc) is 3.31. The van der Waals surface area contributed by atoms with Gasteiger partial charge in [0.25, 0.3) is 0 Å². The van der Waals surface area contributed by atoms with Gasteiger partial charge in [-0.1, -0.05) is 30.3 Å². The van der Waals surface area contributed by atoms with Crippen LogP contribution in [0.1, 0.15) is 37.7 Å². The zero-order valence-electron chi connectivity index (χ0n) is 12.5. The van der Waals surface area contributed by atoms with Gasteiger partial charge in [-0.15, -0.1) is 0 Å². The summed E-state index contributed by atoms with van der Waals surface area (Å²) in [4.78, 5) is 38.8. The number of hydrogen-bond donors (Lipinski definition) is 0. The molecule has 0 atom stereocenters. The minimum atomic E-state index is -0.154. The second-order valence-corrected chi connectivity index (χ2v) is 5.93. The fourth-order valence-electron chi connectivity index (χ4n) is 2.81. The van der Waals surface area contributed by atoms with Gasteiger partial charge in [0.1, 0.15) is 0 Å². The molecule has 0 bridgehead atoms. The Morgan fingerprint density at radius 2 is 1.73 bits per heavy atom. The van der Waals surface area contributed by atoms with Gasteiger partial charge in [-0.05, 0) is 18.4 Å². The molecule has 0 aromatic heterocycles. The van der Waals surface area contributed by atoms with Crippen LogP contribution in [0.15, 0.2) is 30.3 Å². The van der Waals surface area contributed by atoms with Gasteiger partial charge >= 0.3 is 0 Å². The Labute approximate surface area is 129 Å². The summed E-state index contributed by atoms with van der Waals surface area (Å²) in [6.45, 7) is 0.820. The molecule has 5 heteroatoms. The lowest BCUT2D eigenvalue weighted by atomic mass is 10.2. The molecule has 1 heterocycles. The van der Waals surface area contributed by atoms with E-state index in [1.165, 1.54) is 4.90 Å². The SMILES string of the molecule is O=C1CCC(=O)N1CCC(=O)N(Cc1ccccc1)C1CC1. The van der Waals surface area contributed by atoms with Gasteiger partial charge in [-0.3, -0.25) is 19.3 Å². The van der Waals surface area contributed by atoms with E-state index in [0.29, 0.717) is 12.6 Å². The van der Waals surface area contributed by atoms with Gasteiger partial charge in [0.15, 0.2) is 0 Å². The number of rotatable bonds is 6. The van der Waals surface area contributed by atoms with Crippen LogP contribution in [0.2, 0.25) is 0 Å². The van der Waals surface area contributed by atoms with Crippen LogP contribution >= 0.6 is 0 Å². The largest absolute Gasteiger partial charge is 0.335 e. The van der Waals surface area contributed by atoms with Crippen LogP contribution < -0.4 is 0 Å². The molecular formula is C17H20N2O3. The van der Waals surface area contributed by atoms with Crippen LogP contribution in [-0.4, -0.2) is 40.1 Å². The second kappa shape index (κ2) is 6.30. The maximum Gasteiger partial charge on any atom is 0.229 e. The number of benzene rings is 1. The summed E-state index contributed by atoms with van der Waals surface area (Å²) in [5, 5.41) is 0. The first kappa shape index (κ1) is 14.8. The third kappa shape index (κ3) is 3.35. The second-order valence-electron chi connectivity index (χ2n) is 5.93. The van der Waals surface area contributed by atoms with Crippen molar-refractivity contribution in [1.29, 1.82) is 0 Å². The van der Waals surface area contributed by atoms with E-state index in [0.717, 1.165) is 18.4 Å². The van der Waals surface area contributed by atoms with Crippen molar-refractivity contribution in [1.82, 2.24) is 9.80 Å². The predicted molar refractivity (Wildman–Crippen MR) is 80.6 cm³/mol. The van der Waals surface area contributed by atoms with E-state index in [2.05, 4.69) is 0 Å². The highest BCUT2D eigenvalue weighted by Gasteiger charge is 2.34. The first-order valence-corrected chi connectivity index (χ1v) is 7.82.